The zero-order chi connectivity index (χ0) is 15.5. The van der Waals surface area contributed by atoms with Gasteiger partial charge >= 0.3 is 0 Å². The first-order valence-corrected chi connectivity index (χ1v) is 8.71. The van der Waals surface area contributed by atoms with Crippen molar-refractivity contribution in [3.63, 3.8) is 0 Å². The molecule has 22 heavy (non-hydrogen) atoms. The third kappa shape index (κ3) is 2.95. The number of thiazole rings is 1. The summed E-state index contributed by atoms with van der Waals surface area (Å²) in [6, 6.07) is 5.45. The summed E-state index contributed by atoms with van der Waals surface area (Å²) >= 11 is 3.06. The van der Waals surface area contributed by atoms with Gasteiger partial charge in [-0.05, 0) is 32.0 Å². The van der Waals surface area contributed by atoms with E-state index in [9.17, 15) is 4.79 Å². The SMILES string of the molecule is CCN(CC)c1nc2sc(C(=O)Nc3ccncc3)cc2s1. The molecule has 0 unspecified atom stereocenters. The van der Waals surface area contributed by atoms with Crippen LogP contribution in [-0.2, 0) is 0 Å². The van der Waals surface area contributed by atoms with Gasteiger partial charge in [0, 0.05) is 31.2 Å². The molecule has 1 N–H and O–H groups in total. The number of nitrogens with zero attached hydrogens (tertiary/aromatic N) is 3. The Bertz CT molecular complexity index is 746. The Morgan fingerprint density at radius 3 is 2.59 bits per heavy atom. The van der Waals surface area contributed by atoms with Crippen LogP contribution in [0.5, 0.6) is 0 Å². The summed E-state index contributed by atoms with van der Waals surface area (Å²) in [5.41, 5.74) is 0.744. The number of rotatable bonds is 5. The molecule has 0 bridgehead atoms. The molecule has 1 amide bonds. The molecule has 7 heteroatoms. The summed E-state index contributed by atoms with van der Waals surface area (Å²) < 4.78 is 1.06. The zero-order valence-corrected chi connectivity index (χ0v) is 14.0. The fraction of sp³-hybridized carbons (Fsp3) is 0.267. The Morgan fingerprint density at radius 1 is 1.23 bits per heavy atom. The van der Waals surface area contributed by atoms with Crippen LogP contribution in [0.4, 0.5) is 10.8 Å². The molecule has 0 aliphatic rings. The second-order valence-electron chi connectivity index (χ2n) is 4.64. The van der Waals surface area contributed by atoms with E-state index in [4.69, 9.17) is 0 Å². The van der Waals surface area contributed by atoms with E-state index >= 15 is 0 Å². The highest BCUT2D eigenvalue weighted by molar-refractivity contribution is 7.29. The van der Waals surface area contributed by atoms with Crippen LogP contribution in [0.3, 0.4) is 0 Å². The van der Waals surface area contributed by atoms with Crippen molar-refractivity contribution >= 4 is 48.9 Å². The molecule has 0 radical (unpaired) electrons. The number of thiophene rings is 1. The summed E-state index contributed by atoms with van der Waals surface area (Å²) in [7, 11) is 0. The minimum Gasteiger partial charge on any atom is -0.349 e. The van der Waals surface area contributed by atoms with Gasteiger partial charge in [-0.2, -0.15) is 0 Å². The lowest BCUT2D eigenvalue weighted by Gasteiger charge is -2.16. The number of carbonyl (C=O) groups excluding carboxylic acids is 1. The van der Waals surface area contributed by atoms with Gasteiger partial charge in [0.2, 0.25) is 0 Å². The first-order valence-electron chi connectivity index (χ1n) is 7.08. The molecule has 0 spiro atoms. The highest BCUT2D eigenvalue weighted by Gasteiger charge is 2.16. The topological polar surface area (TPSA) is 58.1 Å². The van der Waals surface area contributed by atoms with E-state index in [0.29, 0.717) is 4.88 Å². The quantitative estimate of drug-likeness (QED) is 0.771. The first-order chi connectivity index (χ1) is 10.7. The molecule has 3 aromatic heterocycles. The summed E-state index contributed by atoms with van der Waals surface area (Å²) in [5.74, 6) is -0.106. The molecule has 114 valence electrons. The Labute approximate surface area is 136 Å². The lowest BCUT2D eigenvalue weighted by Crippen LogP contribution is -2.21. The van der Waals surface area contributed by atoms with Crippen LogP contribution in [-0.4, -0.2) is 29.0 Å². The van der Waals surface area contributed by atoms with Crippen LogP contribution in [0.1, 0.15) is 23.5 Å². The maximum Gasteiger partial charge on any atom is 0.265 e. The minimum atomic E-state index is -0.106. The Morgan fingerprint density at radius 2 is 1.95 bits per heavy atom. The zero-order valence-electron chi connectivity index (χ0n) is 12.4. The van der Waals surface area contributed by atoms with Gasteiger partial charge in [0.15, 0.2) is 5.13 Å². The van der Waals surface area contributed by atoms with E-state index in [1.807, 2.05) is 6.07 Å². The van der Waals surface area contributed by atoms with Crippen LogP contribution >= 0.6 is 22.7 Å². The third-order valence-electron chi connectivity index (χ3n) is 3.27. The fourth-order valence-corrected chi connectivity index (χ4v) is 4.33. The van der Waals surface area contributed by atoms with Crippen molar-refractivity contribution in [2.45, 2.75) is 13.8 Å². The Kier molecular flexibility index (Phi) is 4.35. The summed E-state index contributed by atoms with van der Waals surface area (Å²) in [5, 5.41) is 3.89. The molecule has 0 aliphatic carbocycles. The second kappa shape index (κ2) is 6.41. The molecule has 0 aliphatic heterocycles. The van der Waals surface area contributed by atoms with E-state index in [-0.39, 0.29) is 5.91 Å². The molecular weight excluding hydrogens is 316 g/mol. The smallest absolute Gasteiger partial charge is 0.265 e. The largest absolute Gasteiger partial charge is 0.349 e. The monoisotopic (exact) mass is 332 g/mol. The van der Waals surface area contributed by atoms with Crippen LogP contribution in [0.25, 0.3) is 9.53 Å². The molecule has 5 nitrogen and oxygen atoms in total. The summed E-state index contributed by atoms with van der Waals surface area (Å²) in [4.78, 5) is 24.6. The number of nitrogens with one attached hydrogen (secondary N) is 1. The molecule has 0 saturated carbocycles. The Balaban J connectivity index is 1.80. The highest BCUT2D eigenvalue weighted by atomic mass is 32.1. The van der Waals surface area contributed by atoms with E-state index in [2.05, 4.69) is 34.0 Å². The van der Waals surface area contributed by atoms with E-state index in [0.717, 1.165) is 33.4 Å². The average molecular weight is 332 g/mol. The van der Waals surface area contributed by atoms with Gasteiger partial charge in [-0.1, -0.05) is 11.3 Å². The lowest BCUT2D eigenvalue weighted by atomic mass is 10.4. The fourth-order valence-electron chi connectivity index (χ4n) is 2.09. The van der Waals surface area contributed by atoms with Gasteiger partial charge in [-0.3, -0.25) is 9.78 Å². The van der Waals surface area contributed by atoms with E-state index in [1.165, 1.54) is 11.3 Å². The molecule has 3 aromatic rings. The van der Waals surface area contributed by atoms with Crippen molar-refractivity contribution < 1.29 is 4.79 Å². The molecule has 0 fully saturated rings. The lowest BCUT2D eigenvalue weighted by molar-refractivity contribution is 0.103. The second-order valence-corrected chi connectivity index (χ2v) is 6.68. The first kappa shape index (κ1) is 14.9. The van der Waals surface area contributed by atoms with Gasteiger partial charge in [0.1, 0.15) is 4.83 Å². The van der Waals surface area contributed by atoms with Gasteiger partial charge in [0.05, 0.1) is 9.58 Å². The van der Waals surface area contributed by atoms with E-state index < -0.39 is 0 Å². The molecule has 0 saturated heterocycles. The van der Waals surface area contributed by atoms with Crippen LogP contribution in [0.2, 0.25) is 0 Å². The molecular formula is C15H16N4OS2. The van der Waals surface area contributed by atoms with Crippen molar-refractivity contribution in [3.05, 3.63) is 35.5 Å². The van der Waals surface area contributed by atoms with Gasteiger partial charge in [-0.25, -0.2) is 4.98 Å². The highest BCUT2D eigenvalue weighted by Crippen LogP contribution is 2.34. The predicted molar refractivity (Wildman–Crippen MR) is 93.2 cm³/mol. The maximum absolute atomic E-state index is 12.3. The summed E-state index contributed by atoms with van der Waals surface area (Å²) in [6.45, 7) is 6.11. The van der Waals surface area contributed by atoms with Crippen molar-refractivity contribution in [1.82, 2.24) is 9.97 Å². The normalized spacial score (nSPS) is 10.8. The van der Waals surface area contributed by atoms with Gasteiger partial charge in [-0.15, -0.1) is 11.3 Å². The van der Waals surface area contributed by atoms with Crippen molar-refractivity contribution in [2.24, 2.45) is 0 Å². The van der Waals surface area contributed by atoms with E-state index in [1.54, 1.807) is 35.9 Å². The number of anilines is 2. The van der Waals surface area contributed by atoms with Crippen molar-refractivity contribution in [2.75, 3.05) is 23.3 Å². The number of carbonyl (C=O) groups is 1. The predicted octanol–water partition coefficient (Wildman–Crippen LogP) is 3.85. The van der Waals surface area contributed by atoms with Crippen LogP contribution in [0.15, 0.2) is 30.6 Å². The molecule has 3 rings (SSSR count). The molecule has 0 atom stereocenters. The third-order valence-corrected chi connectivity index (χ3v) is 5.49. The number of aromatic nitrogens is 2. The Hall–Kier alpha value is -1.99. The maximum atomic E-state index is 12.3. The van der Waals surface area contributed by atoms with Gasteiger partial charge < -0.3 is 10.2 Å². The van der Waals surface area contributed by atoms with Crippen molar-refractivity contribution in [3.8, 4) is 0 Å². The number of hydrogen-bond donors (Lipinski definition) is 1. The number of amides is 1. The standard InChI is InChI=1S/C15H16N4OS2/c1-3-19(4-2)15-18-14-12(22-15)9-11(21-14)13(20)17-10-5-7-16-8-6-10/h5-9H,3-4H2,1-2H3,(H,16,17,20). The number of hydrogen-bond acceptors (Lipinski definition) is 6. The summed E-state index contributed by atoms with van der Waals surface area (Å²) in [6.07, 6.45) is 3.31. The van der Waals surface area contributed by atoms with Crippen LogP contribution < -0.4 is 10.2 Å². The van der Waals surface area contributed by atoms with Crippen molar-refractivity contribution in [1.29, 1.82) is 0 Å². The average Bonchev–Trinajstić information content (AvgIpc) is 3.08. The van der Waals surface area contributed by atoms with Gasteiger partial charge in [0.25, 0.3) is 5.91 Å². The molecule has 3 heterocycles. The number of pyridine rings is 1. The number of fused-ring (bicyclic) bond motifs is 1. The minimum absolute atomic E-state index is 0.106. The van der Waals surface area contributed by atoms with Crippen LogP contribution in [0, 0.1) is 0 Å². The molecule has 0 aromatic carbocycles.